The highest BCUT2D eigenvalue weighted by molar-refractivity contribution is 7.98. The summed E-state index contributed by atoms with van der Waals surface area (Å²) in [5.41, 5.74) is 1.32. The Kier molecular flexibility index (Phi) is 7.42. The van der Waals surface area contributed by atoms with E-state index in [1.54, 1.807) is 21.2 Å². The van der Waals surface area contributed by atoms with Crippen molar-refractivity contribution in [2.24, 2.45) is 5.92 Å². The first-order valence-corrected chi connectivity index (χ1v) is 13.0. The average Bonchev–Trinajstić information content (AvgIpc) is 3.25. The molecule has 168 valence electrons. The van der Waals surface area contributed by atoms with E-state index in [4.69, 9.17) is 4.98 Å². The second kappa shape index (κ2) is 10.4. The number of nitrogens with zero attached hydrogens (tertiary/aromatic N) is 4. The quantitative estimate of drug-likeness (QED) is 0.178. The van der Waals surface area contributed by atoms with Gasteiger partial charge in [0, 0.05) is 29.9 Å². The van der Waals surface area contributed by atoms with Crippen LogP contribution >= 0.6 is 23.1 Å². The summed E-state index contributed by atoms with van der Waals surface area (Å²) < 4.78 is 3.34. The summed E-state index contributed by atoms with van der Waals surface area (Å²) in [7, 11) is 0. The van der Waals surface area contributed by atoms with E-state index in [1.807, 2.05) is 29.6 Å². The zero-order valence-corrected chi connectivity index (χ0v) is 20.1. The molecule has 0 saturated heterocycles. The molecule has 0 radical (unpaired) electrons. The molecule has 0 spiro atoms. The van der Waals surface area contributed by atoms with Gasteiger partial charge >= 0.3 is 0 Å². The standard InChI is InChI=1S/C24H28N4O2S2/c1-17(2)9-5-3-4-8-12-28-22(30)19-10-6-7-11-20(19)26-24(28)32-16-18-15-21(29)27-13-14-31-23(27)25-18/h6-7,10-11,13-15,17H,3-5,8-9,12,16H2,1-2H3. The summed E-state index contributed by atoms with van der Waals surface area (Å²) >= 11 is 2.90. The van der Waals surface area contributed by atoms with Crippen LogP contribution in [0.3, 0.4) is 0 Å². The Morgan fingerprint density at radius 2 is 1.88 bits per heavy atom. The van der Waals surface area contributed by atoms with Crippen molar-refractivity contribution in [3.05, 3.63) is 68.3 Å². The second-order valence-electron chi connectivity index (χ2n) is 8.40. The van der Waals surface area contributed by atoms with Crippen LogP contribution in [0.25, 0.3) is 15.9 Å². The number of benzene rings is 1. The van der Waals surface area contributed by atoms with E-state index in [0.29, 0.717) is 39.0 Å². The third-order valence-electron chi connectivity index (χ3n) is 5.45. The Bertz CT molecular complexity index is 1320. The van der Waals surface area contributed by atoms with Gasteiger partial charge in [-0.25, -0.2) is 9.97 Å². The zero-order valence-electron chi connectivity index (χ0n) is 18.5. The van der Waals surface area contributed by atoms with Crippen LogP contribution in [0.1, 0.15) is 51.6 Å². The monoisotopic (exact) mass is 468 g/mol. The molecule has 6 nitrogen and oxygen atoms in total. The van der Waals surface area contributed by atoms with E-state index < -0.39 is 0 Å². The van der Waals surface area contributed by atoms with Crippen LogP contribution in [0.4, 0.5) is 0 Å². The van der Waals surface area contributed by atoms with Crippen LogP contribution in [0.2, 0.25) is 0 Å². The van der Waals surface area contributed by atoms with Gasteiger partial charge < -0.3 is 0 Å². The number of hydrogen-bond acceptors (Lipinski definition) is 6. The first-order chi connectivity index (χ1) is 15.5. The van der Waals surface area contributed by atoms with E-state index in [1.165, 1.54) is 42.4 Å². The molecule has 0 aliphatic rings. The number of hydrogen-bond donors (Lipinski definition) is 0. The molecule has 3 aromatic heterocycles. The molecule has 0 saturated carbocycles. The lowest BCUT2D eigenvalue weighted by atomic mass is 10.0. The van der Waals surface area contributed by atoms with Crippen molar-refractivity contribution < 1.29 is 0 Å². The first-order valence-electron chi connectivity index (χ1n) is 11.1. The molecule has 0 atom stereocenters. The Morgan fingerprint density at radius 3 is 2.72 bits per heavy atom. The maximum Gasteiger partial charge on any atom is 0.262 e. The molecule has 0 bridgehead atoms. The van der Waals surface area contributed by atoms with Gasteiger partial charge in [-0.3, -0.25) is 18.6 Å². The van der Waals surface area contributed by atoms with Gasteiger partial charge in [0.05, 0.1) is 16.6 Å². The fraction of sp³-hybridized carbons (Fsp3) is 0.417. The molecule has 4 aromatic rings. The summed E-state index contributed by atoms with van der Waals surface area (Å²) in [6.07, 6.45) is 7.45. The van der Waals surface area contributed by atoms with Crippen LogP contribution in [0, 0.1) is 5.92 Å². The van der Waals surface area contributed by atoms with Gasteiger partial charge in [-0.2, -0.15) is 0 Å². The highest BCUT2D eigenvalue weighted by atomic mass is 32.2. The lowest BCUT2D eigenvalue weighted by Gasteiger charge is -2.13. The third kappa shape index (κ3) is 5.30. The van der Waals surface area contributed by atoms with Gasteiger partial charge in [0.1, 0.15) is 0 Å². The van der Waals surface area contributed by atoms with Crippen LogP contribution in [0.15, 0.2) is 56.7 Å². The SMILES string of the molecule is CC(C)CCCCCCn1c(SCc2cc(=O)n3ccsc3n2)nc2ccccc2c1=O. The lowest BCUT2D eigenvalue weighted by Crippen LogP contribution is -2.23. The second-order valence-corrected chi connectivity index (χ2v) is 10.2. The van der Waals surface area contributed by atoms with Crippen LogP contribution in [-0.4, -0.2) is 18.9 Å². The van der Waals surface area contributed by atoms with Gasteiger partial charge in [-0.05, 0) is 24.5 Å². The number of aromatic nitrogens is 4. The summed E-state index contributed by atoms with van der Waals surface area (Å²) in [6, 6.07) is 9.05. The van der Waals surface area contributed by atoms with Gasteiger partial charge in [0.2, 0.25) is 0 Å². The molecule has 32 heavy (non-hydrogen) atoms. The highest BCUT2D eigenvalue weighted by Gasteiger charge is 2.13. The smallest absolute Gasteiger partial charge is 0.262 e. The van der Waals surface area contributed by atoms with Crippen molar-refractivity contribution in [3.63, 3.8) is 0 Å². The van der Waals surface area contributed by atoms with Crippen molar-refractivity contribution in [2.45, 2.75) is 63.4 Å². The number of thiazole rings is 1. The molecule has 0 unspecified atom stereocenters. The highest BCUT2D eigenvalue weighted by Crippen LogP contribution is 2.22. The molecular formula is C24H28N4O2S2. The van der Waals surface area contributed by atoms with E-state index in [0.717, 1.165) is 18.8 Å². The maximum absolute atomic E-state index is 13.2. The van der Waals surface area contributed by atoms with Crippen molar-refractivity contribution in [3.8, 4) is 0 Å². The van der Waals surface area contributed by atoms with Gasteiger partial charge in [0.25, 0.3) is 11.1 Å². The summed E-state index contributed by atoms with van der Waals surface area (Å²) in [4.78, 5) is 35.5. The van der Waals surface area contributed by atoms with E-state index >= 15 is 0 Å². The van der Waals surface area contributed by atoms with Gasteiger partial charge in [-0.15, -0.1) is 11.3 Å². The van der Waals surface area contributed by atoms with E-state index in [-0.39, 0.29) is 11.1 Å². The Morgan fingerprint density at radius 1 is 1.06 bits per heavy atom. The van der Waals surface area contributed by atoms with Crippen molar-refractivity contribution in [2.75, 3.05) is 0 Å². The first kappa shape index (κ1) is 22.7. The minimum absolute atomic E-state index is 0.00187. The van der Waals surface area contributed by atoms with Crippen LogP contribution < -0.4 is 11.1 Å². The molecular weight excluding hydrogens is 440 g/mol. The fourth-order valence-electron chi connectivity index (χ4n) is 3.73. The topological polar surface area (TPSA) is 69.3 Å². The molecule has 1 aromatic carbocycles. The molecule has 0 aliphatic carbocycles. The van der Waals surface area contributed by atoms with E-state index in [2.05, 4.69) is 18.8 Å². The molecule has 0 N–H and O–H groups in total. The van der Waals surface area contributed by atoms with Crippen LogP contribution in [0.5, 0.6) is 0 Å². The Labute approximate surface area is 195 Å². The largest absolute Gasteiger partial charge is 0.287 e. The van der Waals surface area contributed by atoms with Crippen molar-refractivity contribution >= 4 is 39.0 Å². The molecule has 0 aliphatic heterocycles. The Hall–Kier alpha value is -2.45. The molecule has 0 fully saturated rings. The fourth-order valence-corrected chi connectivity index (χ4v) is 5.39. The number of para-hydroxylation sites is 1. The van der Waals surface area contributed by atoms with Crippen molar-refractivity contribution in [1.82, 2.24) is 18.9 Å². The number of fused-ring (bicyclic) bond motifs is 2. The predicted octanol–water partition coefficient (Wildman–Crippen LogP) is 5.36. The molecule has 8 heteroatoms. The summed E-state index contributed by atoms with van der Waals surface area (Å²) in [6.45, 7) is 5.16. The molecule has 0 amide bonds. The van der Waals surface area contributed by atoms with E-state index in [9.17, 15) is 9.59 Å². The van der Waals surface area contributed by atoms with Gasteiger partial charge in [-0.1, -0.05) is 63.4 Å². The van der Waals surface area contributed by atoms with Gasteiger partial charge in [0.15, 0.2) is 10.1 Å². The summed E-state index contributed by atoms with van der Waals surface area (Å²) in [5, 5.41) is 3.18. The molecule has 3 heterocycles. The summed E-state index contributed by atoms with van der Waals surface area (Å²) in [5.74, 6) is 1.23. The van der Waals surface area contributed by atoms with Crippen molar-refractivity contribution in [1.29, 1.82) is 0 Å². The average molecular weight is 469 g/mol. The maximum atomic E-state index is 13.2. The normalized spacial score (nSPS) is 11.7. The number of unbranched alkanes of at least 4 members (excludes halogenated alkanes) is 3. The number of rotatable bonds is 10. The predicted molar refractivity (Wildman–Crippen MR) is 133 cm³/mol. The Balaban J connectivity index is 1.54. The third-order valence-corrected chi connectivity index (χ3v) is 7.21. The van der Waals surface area contributed by atoms with Crippen LogP contribution in [-0.2, 0) is 12.3 Å². The molecule has 4 rings (SSSR count). The lowest BCUT2D eigenvalue weighted by molar-refractivity contribution is 0.491. The number of thioether (sulfide) groups is 1. The zero-order chi connectivity index (χ0) is 22.5. The minimum Gasteiger partial charge on any atom is -0.287 e. The minimum atomic E-state index is -0.0860.